The maximum Gasteiger partial charge on any atom is 0.223 e. The highest BCUT2D eigenvalue weighted by Crippen LogP contribution is 2.19. The first kappa shape index (κ1) is 19.8. The number of amides is 2. The van der Waals surface area contributed by atoms with Crippen molar-refractivity contribution in [1.82, 2.24) is 5.32 Å². The molecule has 5 nitrogen and oxygen atoms in total. The van der Waals surface area contributed by atoms with Gasteiger partial charge in [0.25, 0.3) is 0 Å². The number of rotatable bonds is 8. The van der Waals surface area contributed by atoms with Gasteiger partial charge in [-0.2, -0.15) is 0 Å². The fourth-order valence-electron chi connectivity index (χ4n) is 2.64. The molecule has 0 radical (unpaired) electrons. The van der Waals surface area contributed by atoms with Gasteiger partial charge in [0, 0.05) is 37.1 Å². The summed E-state index contributed by atoms with van der Waals surface area (Å²) in [7, 11) is 1.63. The van der Waals surface area contributed by atoms with Crippen LogP contribution in [0.25, 0.3) is 0 Å². The lowest BCUT2D eigenvalue weighted by Crippen LogP contribution is -2.34. The quantitative estimate of drug-likeness (QED) is 0.769. The van der Waals surface area contributed by atoms with Crippen molar-refractivity contribution in [2.75, 3.05) is 25.1 Å². The van der Waals surface area contributed by atoms with Gasteiger partial charge >= 0.3 is 0 Å². The largest absolute Gasteiger partial charge is 0.496 e. The maximum absolute atomic E-state index is 12.1. The first-order chi connectivity index (χ1) is 12.5. The summed E-state index contributed by atoms with van der Waals surface area (Å²) in [5, 5.41) is 3.49. The number of methoxy groups -OCH3 is 1. The number of carbonyl (C=O) groups is 2. The molecule has 0 aliphatic heterocycles. The van der Waals surface area contributed by atoms with Crippen LogP contribution in [0.4, 0.5) is 5.69 Å². The Bertz CT molecular complexity index is 747. The number of nitrogens with zero attached hydrogens (tertiary/aromatic N) is 1. The SMILES string of the molecule is COc1ccccc1CCNC(=O)CCN(C(C)=O)c1ccc(Cl)cc1. The van der Waals surface area contributed by atoms with Crippen molar-refractivity contribution in [1.29, 1.82) is 0 Å². The van der Waals surface area contributed by atoms with E-state index in [4.69, 9.17) is 16.3 Å². The smallest absolute Gasteiger partial charge is 0.223 e. The average molecular weight is 375 g/mol. The van der Waals surface area contributed by atoms with E-state index in [0.717, 1.165) is 17.0 Å². The Morgan fingerprint density at radius 3 is 2.46 bits per heavy atom. The molecule has 0 heterocycles. The number of ether oxygens (including phenoxy) is 1. The lowest BCUT2D eigenvalue weighted by atomic mass is 10.1. The second-order valence-corrected chi connectivity index (χ2v) is 6.25. The molecule has 2 amide bonds. The van der Waals surface area contributed by atoms with Crippen molar-refractivity contribution in [2.45, 2.75) is 19.8 Å². The van der Waals surface area contributed by atoms with Gasteiger partial charge in [-0.15, -0.1) is 0 Å². The zero-order valence-corrected chi connectivity index (χ0v) is 15.8. The van der Waals surface area contributed by atoms with Gasteiger partial charge in [0.1, 0.15) is 5.75 Å². The van der Waals surface area contributed by atoms with Crippen molar-refractivity contribution in [3.63, 3.8) is 0 Å². The highest BCUT2D eigenvalue weighted by atomic mass is 35.5. The van der Waals surface area contributed by atoms with E-state index in [1.54, 1.807) is 36.3 Å². The standard InChI is InChI=1S/C20H23ClN2O3/c1-15(24)23(18-9-7-17(21)8-10-18)14-12-20(25)22-13-11-16-5-3-4-6-19(16)26-2/h3-10H,11-14H2,1-2H3,(H,22,25). The van der Waals surface area contributed by atoms with Crippen LogP contribution in [0.5, 0.6) is 5.75 Å². The lowest BCUT2D eigenvalue weighted by Gasteiger charge is -2.21. The molecule has 0 spiro atoms. The molecule has 0 aliphatic rings. The molecule has 0 bridgehead atoms. The van der Waals surface area contributed by atoms with Crippen LogP contribution >= 0.6 is 11.6 Å². The molecule has 2 aromatic carbocycles. The Morgan fingerprint density at radius 1 is 1.12 bits per heavy atom. The van der Waals surface area contributed by atoms with Crippen molar-refractivity contribution in [2.24, 2.45) is 0 Å². The predicted octanol–water partition coefficient (Wildman–Crippen LogP) is 3.45. The highest BCUT2D eigenvalue weighted by molar-refractivity contribution is 6.30. The third-order valence-electron chi connectivity index (χ3n) is 3.99. The monoisotopic (exact) mass is 374 g/mol. The molecule has 1 N–H and O–H groups in total. The predicted molar refractivity (Wildman–Crippen MR) is 104 cm³/mol. The van der Waals surface area contributed by atoms with Gasteiger partial charge in [0.2, 0.25) is 11.8 Å². The molecular formula is C20H23ClN2O3. The molecule has 26 heavy (non-hydrogen) atoms. The molecule has 0 aliphatic carbocycles. The fourth-order valence-corrected chi connectivity index (χ4v) is 2.76. The summed E-state index contributed by atoms with van der Waals surface area (Å²) in [4.78, 5) is 25.5. The Morgan fingerprint density at radius 2 is 1.81 bits per heavy atom. The first-order valence-corrected chi connectivity index (χ1v) is 8.81. The molecule has 138 valence electrons. The Balaban J connectivity index is 1.83. The van der Waals surface area contributed by atoms with E-state index in [-0.39, 0.29) is 18.2 Å². The highest BCUT2D eigenvalue weighted by Gasteiger charge is 2.13. The molecule has 2 rings (SSSR count). The van der Waals surface area contributed by atoms with Crippen molar-refractivity contribution in [3.8, 4) is 5.75 Å². The number of hydrogen-bond donors (Lipinski definition) is 1. The maximum atomic E-state index is 12.1. The van der Waals surface area contributed by atoms with Gasteiger partial charge in [0.05, 0.1) is 7.11 Å². The van der Waals surface area contributed by atoms with Crippen molar-refractivity contribution in [3.05, 3.63) is 59.1 Å². The molecule has 0 saturated heterocycles. The van der Waals surface area contributed by atoms with Crippen LogP contribution in [-0.4, -0.2) is 32.0 Å². The molecule has 0 atom stereocenters. The third kappa shape index (κ3) is 5.77. The minimum atomic E-state index is -0.117. The number of para-hydroxylation sites is 1. The van der Waals surface area contributed by atoms with E-state index in [0.29, 0.717) is 24.5 Å². The number of carbonyl (C=O) groups excluding carboxylic acids is 2. The zero-order valence-electron chi connectivity index (χ0n) is 15.0. The molecular weight excluding hydrogens is 352 g/mol. The number of benzene rings is 2. The molecule has 0 unspecified atom stereocenters. The number of anilines is 1. The average Bonchev–Trinajstić information content (AvgIpc) is 2.63. The summed E-state index contributed by atoms with van der Waals surface area (Å²) in [6.07, 6.45) is 0.914. The van der Waals surface area contributed by atoms with Crippen LogP contribution in [0.15, 0.2) is 48.5 Å². The van der Waals surface area contributed by atoms with Crippen LogP contribution < -0.4 is 15.0 Å². The van der Waals surface area contributed by atoms with E-state index >= 15 is 0 Å². The molecule has 0 saturated carbocycles. The van der Waals surface area contributed by atoms with Crippen LogP contribution in [0, 0.1) is 0 Å². The van der Waals surface area contributed by atoms with Gasteiger partial charge in [-0.1, -0.05) is 29.8 Å². The summed E-state index contributed by atoms with van der Waals surface area (Å²) < 4.78 is 5.30. The summed E-state index contributed by atoms with van der Waals surface area (Å²) >= 11 is 5.88. The van der Waals surface area contributed by atoms with Gasteiger partial charge in [-0.3, -0.25) is 9.59 Å². The van der Waals surface area contributed by atoms with E-state index < -0.39 is 0 Å². The Hall–Kier alpha value is -2.53. The second-order valence-electron chi connectivity index (χ2n) is 5.81. The van der Waals surface area contributed by atoms with Crippen LogP contribution in [0.3, 0.4) is 0 Å². The normalized spacial score (nSPS) is 10.3. The molecule has 0 fully saturated rings. The fraction of sp³-hybridized carbons (Fsp3) is 0.300. The van der Waals surface area contributed by atoms with Gasteiger partial charge in [-0.25, -0.2) is 0 Å². The minimum absolute atomic E-state index is 0.0971. The van der Waals surface area contributed by atoms with Crippen LogP contribution in [0.1, 0.15) is 18.9 Å². The van der Waals surface area contributed by atoms with Crippen molar-refractivity contribution >= 4 is 29.1 Å². The van der Waals surface area contributed by atoms with Crippen LogP contribution in [0.2, 0.25) is 5.02 Å². The number of nitrogens with one attached hydrogen (secondary N) is 1. The molecule has 6 heteroatoms. The Labute approximate surface area is 158 Å². The first-order valence-electron chi connectivity index (χ1n) is 8.43. The van der Waals surface area contributed by atoms with E-state index in [9.17, 15) is 9.59 Å². The lowest BCUT2D eigenvalue weighted by molar-refractivity contribution is -0.121. The van der Waals surface area contributed by atoms with Crippen molar-refractivity contribution < 1.29 is 14.3 Å². The number of hydrogen-bond acceptors (Lipinski definition) is 3. The van der Waals surface area contributed by atoms with Gasteiger partial charge in [-0.05, 0) is 42.3 Å². The number of halogens is 1. The van der Waals surface area contributed by atoms with Crippen LogP contribution in [-0.2, 0) is 16.0 Å². The summed E-state index contributed by atoms with van der Waals surface area (Å²) in [6, 6.07) is 14.7. The summed E-state index contributed by atoms with van der Waals surface area (Å²) in [5.74, 6) is 0.599. The minimum Gasteiger partial charge on any atom is -0.496 e. The van der Waals surface area contributed by atoms with E-state index in [2.05, 4.69) is 5.32 Å². The Kier molecular flexibility index (Phi) is 7.48. The molecule has 2 aromatic rings. The molecule has 0 aromatic heterocycles. The summed E-state index contributed by atoms with van der Waals surface area (Å²) in [5.41, 5.74) is 1.77. The van der Waals surface area contributed by atoms with Gasteiger partial charge in [0.15, 0.2) is 0 Å². The second kappa shape index (κ2) is 9.82. The van der Waals surface area contributed by atoms with E-state index in [1.165, 1.54) is 6.92 Å². The van der Waals surface area contributed by atoms with Gasteiger partial charge < -0.3 is 15.0 Å². The third-order valence-corrected chi connectivity index (χ3v) is 4.24. The topological polar surface area (TPSA) is 58.6 Å². The zero-order chi connectivity index (χ0) is 18.9. The summed E-state index contributed by atoms with van der Waals surface area (Å²) in [6.45, 7) is 2.31. The van der Waals surface area contributed by atoms with E-state index in [1.807, 2.05) is 24.3 Å².